The summed E-state index contributed by atoms with van der Waals surface area (Å²) in [5, 5.41) is 18.2. The Balaban J connectivity index is 2.40. The number of fused-ring (bicyclic) bond motifs is 1. The zero-order valence-electron chi connectivity index (χ0n) is 9.42. The Hall–Kier alpha value is -1.37. The molecule has 1 aromatic carbocycles. The van der Waals surface area contributed by atoms with E-state index < -0.39 is 19.2 Å². The van der Waals surface area contributed by atoms with Crippen LogP contribution < -0.4 is 5.46 Å². The van der Waals surface area contributed by atoms with E-state index in [9.17, 15) is 4.79 Å². The molecule has 17 heavy (non-hydrogen) atoms. The number of hydrogen-bond acceptors (Lipinski definition) is 5. The van der Waals surface area contributed by atoms with Crippen LogP contribution in [-0.4, -0.2) is 36.9 Å². The maximum atomic E-state index is 11.5. The van der Waals surface area contributed by atoms with Gasteiger partial charge in [0.2, 0.25) is 0 Å². The third-order valence-corrected chi connectivity index (χ3v) is 2.82. The fourth-order valence-corrected chi connectivity index (χ4v) is 1.92. The van der Waals surface area contributed by atoms with Gasteiger partial charge < -0.3 is 19.5 Å². The predicted molar refractivity (Wildman–Crippen MR) is 60.7 cm³/mol. The zero-order valence-corrected chi connectivity index (χ0v) is 9.42. The minimum Gasteiger partial charge on any atom is -0.467 e. The minimum atomic E-state index is -1.56. The number of esters is 1. The van der Waals surface area contributed by atoms with Crippen molar-refractivity contribution < 1.29 is 24.3 Å². The fraction of sp³-hybridized carbons (Fsp3) is 0.364. The van der Waals surface area contributed by atoms with Crippen molar-refractivity contribution in [2.24, 2.45) is 0 Å². The van der Waals surface area contributed by atoms with E-state index in [4.69, 9.17) is 14.8 Å². The van der Waals surface area contributed by atoms with Crippen molar-refractivity contribution in [2.75, 3.05) is 13.7 Å². The molecule has 0 bridgehead atoms. The molecule has 1 atom stereocenters. The molecule has 2 N–H and O–H groups in total. The highest BCUT2D eigenvalue weighted by molar-refractivity contribution is 6.58. The third kappa shape index (κ3) is 2.33. The van der Waals surface area contributed by atoms with Crippen molar-refractivity contribution in [1.29, 1.82) is 0 Å². The smallest absolute Gasteiger partial charge is 0.467 e. The number of methoxy groups -OCH3 is 1. The predicted octanol–water partition coefficient (Wildman–Crippen LogP) is -0.847. The lowest BCUT2D eigenvalue weighted by Crippen LogP contribution is -2.33. The number of ether oxygens (including phenoxy) is 2. The average Bonchev–Trinajstić information content (AvgIpc) is 2.36. The molecule has 0 aliphatic carbocycles. The molecule has 90 valence electrons. The molecule has 1 aromatic rings. The van der Waals surface area contributed by atoms with Gasteiger partial charge in [0.15, 0.2) is 6.10 Å². The van der Waals surface area contributed by atoms with Crippen molar-refractivity contribution in [2.45, 2.75) is 12.5 Å². The Kier molecular flexibility index (Phi) is 3.47. The Morgan fingerprint density at radius 1 is 1.53 bits per heavy atom. The lowest BCUT2D eigenvalue weighted by Gasteiger charge is -2.24. The van der Waals surface area contributed by atoms with E-state index in [1.54, 1.807) is 18.2 Å². The molecule has 6 heteroatoms. The molecule has 0 amide bonds. The van der Waals surface area contributed by atoms with Crippen LogP contribution in [0.1, 0.15) is 17.2 Å². The molecular formula is C11H13BO5. The lowest BCUT2D eigenvalue weighted by atomic mass is 9.77. The summed E-state index contributed by atoms with van der Waals surface area (Å²) in [5.41, 5.74) is 1.95. The quantitative estimate of drug-likeness (QED) is 0.516. The molecule has 0 fully saturated rings. The lowest BCUT2D eigenvalue weighted by molar-refractivity contribution is -0.155. The van der Waals surface area contributed by atoms with Crippen LogP contribution in [-0.2, 0) is 20.7 Å². The standard InChI is InChI=1S/C11H13BO5/c1-16-11(13)10-9-6-8(12(14)15)3-2-7(9)4-5-17-10/h2-3,6,10,14-15H,4-5H2,1H3. The van der Waals surface area contributed by atoms with Crippen LogP contribution in [0.25, 0.3) is 0 Å². The van der Waals surface area contributed by atoms with Gasteiger partial charge >= 0.3 is 13.1 Å². The summed E-state index contributed by atoms with van der Waals surface area (Å²) in [6.45, 7) is 0.452. The van der Waals surface area contributed by atoms with Crippen molar-refractivity contribution in [3.05, 3.63) is 29.3 Å². The Morgan fingerprint density at radius 3 is 2.94 bits per heavy atom. The van der Waals surface area contributed by atoms with E-state index in [-0.39, 0.29) is 0 Å². The van der Waals surface area contributed by atoms with Gasteiger partial charge in [-0.3, -0.25) is 0 Å². The van der Waals surface area contributed by atoms with Gasteiger partial charge in [-0.05, 0) is 23.0 Å². The van der Waals surface area contributed by atoms with Gasteiger partial charge in [0.1, 0.15) is 0 Å². The van der Waals surface area contributed by atoms with Crippen LogP contribution in [0, 0.1) is 0 Å². The largest absolute Gasteiger partial charge is 0.488 e. The van der Waals surface area contributed by atoms with Gasteiger partial charge in [0.05, 0.1) is 13.7 Å². The molecule has 1 aliphatic heterocycles. The molecule has 2 rings (SSSR count). The molecule has 0 spiro atoms. The molecule has 0 radical (unpaired) electrons. The van der Waals surface area contributed by atoms with Gasteiger partial charge in [-0.1, -0.05) is 18.2 Å². The highest BCUT2D eigenvalue weighted by Crippen LogP contribution is 2.27. The SMILES string of the molecule is COC(=O)C1OCCc2ccc(B(O)O)cc21. The monoisotopic (exact) mass is 236 g/mol. The Bertz CT molecular complexity index is 432. The van der Waals surface area contributed by atoms with E-state index in [2.05, 4.69) is 4.74 Å². The molecule has 0 aromatic heterocycles. The van der Waals surface area contributed by atoms with E-state index in [0.29, 0.717) is 24.1 Å². The molecule has 0 saturated carbocycles. The maximum Gasteiger partial charge on any atom is 0.488 e. The molecule has 1 heterocycles. The summed E-state index contributed by atoms with van der Waals surface area (Å²) >= 11 is 0. The summed E-state index contributed by atoms with van der Waals surface area (Å²) in [7, 11) is -0.259. The third-order valence-electron chi connectivity index (χ3n) is 2.82. The van der Waals surface area contributed by atoms with Crippen LogP contribution in [0.4, 0.5) is 0 Å². The number of benzene rings is 1. The van der Waals surface area contributed by atoms with Crippen LogP contribution in [0.3, 0.4) is 0 Å². The summed E-state index contributed by atoms with van der Waals surface area (Å²) in [6.07, 6.45) is -0.0765. The second-order valence-electron chi connectivity index (χ2n) is 3.86. The molecule has 1 aliphatic rings. The maximum absolute atomic E-state index is 11.5. The van der Waals surface area contributed by atoms with Crippen molar-refractivity contribution in [1.82, 2.24) is 0 Å². The molecule has 0 saturated heterocycles. The number of hydrogen-bond donors (Lipinski definition) is 2. The second-order valence-corrected chi connectivity index (χ2v) is 3.86. The number of carbonyl (C=O) groups is 1. The van der Waals surface area contributed by atoms with Crippen LogP contribution in [0.15, 0.2) is 18.2 Å². The first-order valence-electron chi connectivity index (χ1n) is 5.31. The highest BCUT2D eigenvalue weighted by atomic mass is 16.6. The van der Waals surface area contributed by atoms with E-state index in [1.165, 1.54) is 7.11 Å². The summed E-state index contributed by atoms with van der Waals surface area (Å²) in [6, 6.07) is 4.98. The number of carbonyl (C=O) groups excluding carboxylic acids is 1. The van der Waals surface area contributed by atoms with Crippen LogP contribution in [0.5, 0.6) is 0 Å². The van der Waals surface area contributed by atoms with Gasteiger partial charge in [0, 0.05) is 0 Å². The normalized spacial score (nSPS) is 18.4. The summed E-state index contributed by atoms with van der Waals surface area (Å²) in [5.74, 6) is -0.476. The van der Waals surface area contributed by atoms with Crippen LogP contribution in [0.2, 0.25) is 0 Å². The highest BCUT2D eigenvalue weighted by Gasteiger charge is 2.29. The summed E-state index contributed by atoms with van der Waals surface area (Å²) in [4.78, 5) is 11.5. The summed E-state index contributed by atoms with van der Waals surface area (Å²) < 4.78 is 10.0. The van der Waals surface area contributed by atoms with Crippen molar-refractivity contribution >= 4 is 18.6 Å². The van der Waals surface area contributed by atoms with Gasteiger partial charge in [0.25, 0.3) is 0 Å². The van der Waals surface area contributed by atoms with Crippen molar-refractivity contribution in [3.8, 4) is 0 Å². The first-order chi connectivity index (χ1) is 8.13. The van der Waals surface area contributed by atoms with Gasteiger partial charge in [-0.2, -0.15) is 0 Å². The van der Waals surface area contributed by atoms with Gasteiger partial charge in [-0.25, -0.2) is 4.79 Å². The topological polar surface area (TPSA) is 76.0 Å². The molecular weight excluding hydrogens is 223 g/mol. The van der Waals surface area contributed by atoms with E-state index in [1.807, 2.05) is 0 Å². The zero-order chi connectivity index (χ0) is 12.4. The molecule has 1 unspecified atom stereocenters. The Labute approximate surface area is 99.1 Å². The van der Waals surface area contributed by atoms with Crippen molar-refractivity contribution in [3.63, 3.8) is 0 Å². The second kappa shape index (κ2) is 4.87. The van der Waals surface area contributed by atoms with Crippen LogP contribution >= 0.6 is 0 Å². The minimum absolute atomic E-state index is 0.336. The first-order valence-corrected chi connectivity index (χ1v) is 5.31. The molecule has 5 nitrogen and oxygen atoms in total. The fourth-order valence-electron chi connectivity index (χ4n) is 1.92. The van der Waals surface area contributed by atoms with E-state index in [0.717, 1.165) is 5.56 Å². The number of rotatable bonds is 2. The van der Waals surface area contributed by atoms with E-state index >= 15 is 0 Å². The van der Waals surface area contributed by atoms with Gasteiger partial charge in [-0.15, -0.1) is 0 Å². The average molecular weight is 236 g/mol. The Morgan fingerprint density at radius 2 is 2.29 bits per heavy atom. The first kappa shape index (κ1) is 12.1.